The van der Waals surface area contributed by atoms with Gasteiger partial charge in [-0.3, -0.25) is 4.79 Å². The molecule has 0 unspecified atom stereocenters. The van der Waals surface area contributed by atoms with Crippen molar-refractivity contribution < 1.29 is 13.2 Å². The lowest BCUT2D eigenvalue weighted by molar-refractivity contribution is -0.113. The van der Waals surface area contributed by atoms with Crippen LogP contribution in [0, 0.1) is 25.2 Å². The standard InChI is InChI=1S/C20H24N4O3S2/c1-5-24(6-2)29(26,27)17-9-7-16(8-10-17)23-19(25)13-28-20-18(12-21)14(3)11-15(4)22-20/h7-11H,5-6,13H2,1-4H3,(H,23,25). The number of carbonyl (C=O) groups is 1. The van der Waals surface area contributed by atoms with Crippen LogP contribution < -0.4 is 5.32 Å². The Bertz CT molecular complexity index is 1020. The average Bonchev–Trinajstić information content (AvgIpc) is 2.67. The van der Waals surface area contributed by atoms with E-state index in [1.54, 1.807) is 26.0 Å². The number of aryl methyl sites for hydroxylation is 2. The van der Waals surface area contributed by atoms with Gasteiger partial charge in [-0.25, -0.2) is 13.4 Å². The van der Waals surface area contributed by atoms with Gasteiger partial charge in [0.05, 0.1) is 16.2 Å². The van der Waals surface area contributed by atoms with Gasteiger partial charge in [-0.2, -0.15) is 9.57 Å². The number of sulfonamides is 1. The molecule has 1 N–H and O–H groups in total. The monoisotopic (exact) mass is 432 g/mol. The number of aromatic nitrogens is 1. The Kier molecular flexibility index (Phi) is 7.79. The number of hydrogen-bond donors (Lipinski definition) is 1. The van der Waals surface area contributed by atoms with Crippen molar-refractivity contribution in [1.29, 1.82) is 5.26 Å². The van der Waals surface area contributed by atoms with Gasteiger partial charge in [-0.1, -0.05) is 25.6 Å². The van der Waals surface area contributed by atoms with Crippen molar-refractivity contribution in [2.75, 3.05) is 24.2 Å². The second-order valence-corrected chi connectivity index (χ2v) is 9.23. The molecule has 0 aliphatic rings. The van der Waals surface area contributed by atoms with Crippen LogP contribution in [0.1, 0.15) is 30.7 Å². The molecule has 0 radical (unpaired) electrons. The molecule has 0 saturated carbocycles. The molecule has 0 aliphatic heterocycles. The third kappa shape index (κ3) is 5.56. The van der Waals surface area contributed by atoms with Crippen molar-refractivity contribution in [1.82, 2.24) is 9.29 Å². The highest BCUT2D eigenvalue weighted by Gasteiger charge is 2.21. The number of nitrogens with one attached hydrogen (secondary N) is 1. The Labute approximate surface area is 176 Å². The summed E-state index contributed by atoms with van der Waals surface area (Å²) in [5.41, 5.74) is 2.59. The van der Waals surface area contributed by atoms with Crippen LogP contribution in [-0.2, 0) is 14.8 Å². The van der Waals surface area contributed by atoms with E-state index in [4.69, 9.17) is 0 Å². The highest BCUT2D eigenvalue weighted by molar-refractivity contribution is 8.00. The first-order chi connectivity index (χ1) is 13.7. The predicted octanol–water partition coefficient (Wildman–Crippen LogP) is 3.33. The summed E-state index contributed by atoms with van der Waals surface area (Å²) >= 11 is 1.20. The zero-order valence-electron chi connectivity index (χ0n) is 16.9. The largest absolute Gasteiger partial charge is 0.325 e. The van der Waals surface area contributed by atoms with E-state index in [1.165, 1.54) is 28.2 Å². The zero-order chi connectivity index (χ0) is 21.6. The van der Waals surface area contributed by atoms with E-state index in [2.05, 4.69) is 16.4 Å². The van der Waals surface area contributed by atoms with Crippen LogP contribution in [-0.4, -0.2) is 42.5 Å². The molecule has 0 aliphatic carbocycles. The van der Waals surface area contributed by atoms with E-state index in [-0.39, 0.29) is 16.6 Å². The fourth-order valence-corrected chi connectivity index (χ4v) is 5.15. The van der Waals surface area contributed by atoms with E-state index >= 15 is 0 Å². The lowest BCUT2D eigenvalue weighted by Gasteiger charge is -2.18. The number of benzene rings is 1. The summed E-state index contributed by atoms with van der Waals surface area (Å²) in [5, 5.41) is 12.6. The predicted molar refractivity (Wildman–Crippen MR) is 114 cm³/mol. The number of nitrogens with zero attached hydrogens (tertiary/aromatic N) is 3. The molecular formula is C20H24N4O3S2. The molecule has 9 heteroatoms. The van der Waals surface area contributed by atoms with E-state index in [0.29, 0.717) is 29.4 Å². The summed E-state index contributed by atoms with van der Waals surface area (Å²) in [4.78, 5) is 16.8. The summed E-state index contributed by atoms with van der Waals surface area (Å²) in [6.45, 7) is 8.04. The van der Waals surface area contributed by atoms with Gasteiger partial charge in [0.25, 0.3) is 0 Å². The van der Waals surface area contributed by atoms with E-state index in [9.17, 15) is 18.5 Å². The lowest BCUT2D eigenvalue weighted by atomic mass is 10.1. The molecule has 1 amide bonds. The Balaban J connectivity index is 2.05. The van der Waals surface area contributed by atoms with Crippen LogP contribution >= 0.6 is 11.8 Å². The number of hydrogen-bond acceptors (Lipinski definition) is 6. The van der Waals surface area contributed by atoms with Crippen molar-refractivity contribution in [2.45, 2.75) is 37.6 Å². The number of nitriles is 1. The van der Waals surface area contributed by atoms with Crippen LogP contribution in [0.5, 0.6) is 0 Å². The SMILES string of the molecule is CCN(CC)S(=O)(=O)c1ccc(NC(=O)CSc2nc(C)cc(C)c2C#N)cc1. The highest BCUT2D eigenvalue weighted by atomic mass is 32.2. The van der Waals surface area contributed by atoms with Gasteiger partial charge in [0.15, 0.2) is 0 Å². The number of thioether (sulfide) groups is 1. The van der Waals surface area contributed by atoms with Gasteiger partial charge < -0.3 is 5.32 Å². The quantitative estimate of drug-likeness (QED) is 0.642. The molecule has 154 valence electrons. The first-order valence-electron chi connectivity index (χ1n) is 9.14. The van der Waals surface area contributed by atoms with Crippen molar-refractivity contribution in [2.24, 2.45) is 0 Å². The van der Waals surface area contributed by atoms with Crippen LogP contribution in [0.3, 0.4) is 0 Å². The Morgan fingerprint density at radius 2 is 1.83 bits per heavy atom. The van der Waals surface area contributed by atoms with Gasteiger partial charge in [0.1, 0.15) is 11.1 Å². The molecule has 1 aromatic heterocycles. The molecule has 0 bridgehead atoms. The number of amides is 1. The Morgan fingerprint density at radius 3 is 2.38 bits per heavy atom. The molecule has 2 aromatic rings. The number of rotatable bonds is 8. The molecule has 7 nitrogen and oxygen atoms in total. The maximum absolute atomic E-state index is 12.5. The molecular weight excluding hydrogens is 408 g/mol. The maximum atomic E-state index is 12.5. The fraction of sp³-hybridized carbons (Fsp3) is 0.350. The third-order valence-electron chi connectivity index (χ3n) is 4.24. The van der Waals surface area contributed by atoms with E-state index in [1.807, 2.05) is 19.9 Å². The first-order valence-corrected chi connectivity index (χ1v) is 11.6. The minimum atomic E-state index is -3.53. The Hall–Kier alpha value is -2.41. The maximum Gasteiger partial charge on any atom is 0.243 e. The number of pyridine rings is 1. The normalized spacial score (nSPS) is 11.3. The van der Waals surface area contributed by atoms with Gasteiger partial charge in [0.2, 0.25) is 15.9 Å². The summed E-state index contributed by atoms with van der Waals surface area (Å²) in [7, 11) is -3.53. The molecule has 1 aromatic carbocycles. The van der Waals surface area contributed by atoms with Crippen LogP contribution in [0.15, 0.2) is 40.3 Å². The summed E-state index contributed by atoms with van der Waals surface area (Å²) in [6.07, 6.45) is 0. The van der Waals surface area contributed by atoms with Gasteiger partial charge >= 0.3 is 0 Å². The molecule has 0 spiro atoms. The first kappa shape index (κ1) is 22.9. The lowest BCUT2D eigenvalue weighted by Crippen LogP contribution is -2.30. The van der Waals surface area contributed by atoms with Gasteiger partial charge in [-0.05, 0) is 49.7 Å². The van der Waals surface area contributed by atoms with Gasteiger partial charge in [0, 0.05) is 24.5 Å². The van der Waals surface area contributed by atoms with Crippen molar-refractivity contribution >= 4 is 33.4 Å². The summed E-state index contributed by atoms with van der Waals surface area (Å²) in [6, 6.07) is 10.0. The fourth-order valence-electron chi connectivity index (χ4n) is 2.80. The highest BCUT2D eigenvalue weighted by Crippen LogP contribution is 2.24. The van der Waals surface area contributed by atoms with Crippen LogP contribution in [0.4, 0.5) is 5.69 Å². The smallest absolute Gasteiger partial charge is 0.243 e. The van der Waals surface area contributed by atoms with Crippen molar-refractivity contribution in [3.8, 4) is 6.07 Å². The van der Waals surface area contributed by atoms with Gasteiger partial charge in [-0.15, -0.1) is 0 Å². The average molecular weight is 433 g/mol. The molecule has 0 fully saturated rings. The second-order valence-electron chi connectivity index (χ2n) is 6.32. The minimum absolute atomic E-state index is 0.0874. The van der Waals surface area contributed by atoms with E-state index in [0.717, 1.165) is 11.3 Å². The number of anilines is 1. The molecule has 29 heavy (non-hydrogen) atoms. The molecule has 1 heterocycles. The van der Waals surface area contributed by atoms with Crippen molar-refractivity contribution in [3.05, 3.63) is 47.2 Å². The van der Waals surface area contributed by atoms with E-state index < -0.39 is 10.0 Å². The summed E-state index contributed by atoms with van der Waals surface area (Å²) in [5.74, 6) is -0.177. The number of carbonyl (C=O) groups excluding carboxylic acids is 1. The third-order valence-corrected chi connectivity index (χ3v) is 7.28. The minimum Gasteiger partial charge on any atom is -0.325 e. The zero-order valence-corrected chi connectivity index (χ0v) is 18.5. The summed E-state index contributed by atoms with van der Waals surface area (Å²) < 4.78 is 26.4. The van der Waals surface area contributed by atoms with Crippen LogP contribution in [0.25, 0.3) is 0 Å². The second kappa shape index (κ2) is 9.87. The molecule has 2 rings (SSSR count). The van der Waals surface area contributed by atoms with Crippen molar-refractivity contribution in [3.63, 3.8) is 0 Å². The Morgan fingerprint density at radius 1 is 1.21 bits per heavy atom. The topological polar surface area (TPSA) is 103 Å². The molecule has 0 atom stereocenters. The van der Waals surface area contributed by atoms with Crippen LogP contribution in [0.2, 0.25) is 0 Å². The molecule has 0 saturated heterocycles.